The molecule has 1 aromatic heterocycles. The SMILES string of the molecule is O=C(O)NCCCC[C@H](NC(=O)CCc1ccc(-c2ccc(CCCCNC(=O)OCc3ccccc3)cc2)cc1)c1nnn[nH]1. The first-order valence-corrected chi connectivity index (χ1v) is 15.6. The lowest BCUT2D eigenvalue weighted by Crippen LogP contribution is -2.30. The molecule has 12 nitrogen and oxygen atoms in total. The smallest absolute Gasteiger partial charge is 0.407 e. The molecule has 46 heavy (non-hydrogen) atoms. The van der Waals surface area contributed by atoms with Gasteiger partial charge in [0.2, 0.25) is 5.91 Å². The van der Waals surface area contributed by atoms with Crippen LogP contribution in [0.1, 0.15) is 67.1 Å². The van der Waals surface area contributed by atoms with Gasteiger partial charge in [-0.15, -0.1) is 5.10 Å². The number of aryl methyl sites for hydroxylation is 2. The van der Waals surface area contributed by atoms with Gasteiger partial charge in [0.05, 0.1) is 6.04 Å². The Morgan fingerprint density at radius 2 is 1.41 bits per heavy atom. The average Bonchev–Trinajstić information content (AvgIpc) is 3.62. The normalized spacial score (nSPS) is 11.4. The number of tetrazole rings is 1. The van der Waals surface area contributed by atoms with Gasteiger partial charge in [0.25, 0.3) is 0 Å². The Morgan fingerprint density at radius 3 is 2.07 bits per heavy atom. The van der Waals surface area contributed by atoms with E-state index in [1.54, 1.807) is 0 Å². The molecule has 0 unspecified atom stereocenters. The van der Waals surface area contributed by atoms with Crippen molar-refractivity contribution in [3.8, 4) is 11.1 Å². The van der Waals surface area contributed by atoms with E-state index >= 15 is 0 Å². The van der Waals surface area contributed by atoms with Gasteiger partial charge in [-0.05, 0) is 83.2 Å². The van der Waals surface area contributed by atoms with Crippen LogP contribution in [-0.2, 0) is 29.0 Å². The topological polar surface area (TPSA) is 171 Å². The van der Waals surface area contributed by atoms with Crippen LogP contribution in [0.3, 0.4) is 0 Å². The highest BCUT2D eigenvalue weighted by atomic mass is 16.5. The van der Waals surface area contributed by atoms with Crippen LogP contribution in [0.5, 0.6) is 0 Å². The molecule has 0 bridgehead atoms. The Kier molecular flexibility index (Phi) is 13.5. The highest BCUT2D eigenvalue weighted by Crippen LogP contribution is 2.22. The van der Waals surface area contributed by atoms with Gasteiger partial charge < -0.3 is 25.8 Å². The summed E-state index contributed by atoms with van der Waals surface area (Å²) in [4.78, 5) is 35.2. The minimum atomic E-state index is -1.05. The Hall–Kier alpha value is -5.26. The number of hydrogen-bond donors (Lipinski definition) is 5. The minimum Gasteiger partial charge on any atom is -0.465 e. The van der Waals surface area contributed by atoms with E-state index in [1.807, 2.05) is 42.5 Å². The van der Waals surface area contributed by atoms with E-state index < -0.39 is 12.2 Å². The second-order valence-corrected chi connectivity index (χ2v) is 11.0. The van der Waals surface area contributed by atoms with Crippen molar-refractivity contribution in [2.24, 2.45) is 0 Å². The van der Waals surface area contributed by atoms with Crippen molar-refractivity contribution < 1.29 is 24.2 Å². The van der Waals surface area contributed by atoms with E-state index in [1.165, 1.54) is 5.56 Å². The Balaban J connectivity index is 1.13. The Labute approximate surface area is 268 Å². The first kappa shape index (κ1) is 33.6. The molecule has 1 heterocycles. The number of benzene rings is 3. The van der Waals surface area contributed by atoms with E-state index in [-0.39, 0.29) is 18.6 Å². The summed E-state index contributed by atoms with van der Waals surface area (Å²) in [5.74, 6) is 0.368. The molecule has 0 aliphatic carbocycles. The van der Waals surface area contributed by atoms with Crippen molar-refractivity contribution >= 4 is 18.1 Å². The van der Waals surface area contributed by atoms with Gasteiger partial charge >= 0.3 is 12.2 Å². The number of aromatic nitrogens is 4. The fraction of sp³-hybridized carbons (Fsp3) is 0.353. The summed E-state index contributed by atoms with van der Waals surface area (Å²) in [5.41, 5.74) is 5.50. The summed E-state index contributed by atoms with van der Waals surface area (Å²) in [5, 5.41) is 30.7. The molecule has 0 aliphatic rings. The number of nitrogens with one attached hydrogen (secondary N) is 4. The molecular weight excluding hydrogens is 586 g/mol. The number of unbranched alkanes of at least 4 members (excludes halogenated alkanes) is 2. The molecule has 5 N–H and O–H groups in total. The predicted molar refractivity (Wildman–Crippen MR) is 173 cm³/mol. The van der Waals surface area contributed by atoms with E-state index in [9.17, 15) is 14.4 Å². The Bertz CT molecular complexity index is 1480. The summed E-state index contributed by atoms with van der Waals surface area (Å²) in [6.07, 6.45) is 4.14. The van der Waals surface area contributed by atoms with Crippen molar-refractivity contribution in [2.45, 2.75) is 64.0 Å². The zero-order valence-electron chi connectivity index (χ0n) is 25.8. The van der Waals surface area contributed by atoms with Crippen LogP contribution in [0.15, 0.2) is 78.9 Å². The van der Waals surface area contributed by atoms with Gasteiger partial charge in [0.15, 0.2) is 5.82 Å². The number of H-pyrrole nitrogens is 1. The monoisotopic (exact) mass is 627 g/mol. The van der Waals surface area contributed by atoms with Crippen molar-refractivity contribution in [1.29, 1.82) is 0 Å². The van der Waals surface area contributed by atoms with E-state index in [4.69, 9.17) is 9.84 Å². The maximum atomic E-state index is 12.7. The molecule has 0 spiro atoms. The van der Waals surface area contributed by atoms with Crippen molar-refractivity contribution in [3.63, 3.8) is 0 Å². The molecule has 0 aliphatic heterocycles. The molecule has 0 fully saturated rings. The van der Waals surface area contributed by atoms with Gasteiger partial charge in [-0.2, -0.15) is 0 Å². The van der Waals surface area contributed by atoms with Crippen LogP contribution in [0.25, 0.3) is 11.1 Å². The molecule has 0 radical (unpaired) electrons. The predicted octanol–water partition coefficient (Wildman–Crippen LogP) is 5.34. The number of ether oxygens (including phenoxy) is 1. The summed E-state index contributed by atoms with van der Waals surface area (Å²) >= 11 is 0. The fourth-order valence-corrected chi connectivity index (χ4v) is 4.93. The third-order valence-electron chi connectivity index (χ3n) is 7.48. The highest BCUT2D eigenvalue weighted by Gasteiger charge is 2.18. The van der Waals surface area contributed by atoms with Crippen LogP contribution < -0.4 is 16.0 Å². The number of carbonyl (C=O) groups is 3. The van der Waals surface area contributed by atoms with Crippen molar-refractivity contribution in [2.75, 3.05) is 13.1 Å². The molecule has 242 valence electrons. The second kappa shape index (κ2) is 18.5. The largest absolute Gasteiger partial charge is 0.465 e. The summed E-state index contributed by atoms with van der Waals surface area (Å²) < 4.78 is 5.24. The van der Waals surface area contributed by atoms with Crippen LogP contribution in [0, 0.1) is 0 Å². The number of amides is 3. The summed E-state index contributed by atoms with van der Waals surface area (Å²) in [7, 11) is 0. The zero-order valence-corrected chi connectivity index (χ0v) is 25.8. The summed E-state index contributed by atoms with van der Waals surface area (Å²) in [6.45, 7) is 1.19. The number of hydrogen-bond acceptors (Lipinski definition) is 7. The zero-order chi connectivity index (χ0) is 32.4. The van der Waals surface area contributed by atoms with Gasteiger partial charge in [-0.25, -0.2) is 14.7 Å². The Morgan fingerprint density at radius 1 is 0.761 bits per heavy atom. The lowest BCUT2D eigenvalue weighted by atomic mass is 9.99. The van der Waals surface area contributed by atoms with E-state index in [0.717, 1.165) is 41.5 Å². The van der Waals surface area contributed by atoms with Crippen LogP contribution in [0.2, 0.25) is 0 Å². The highest BCUT2D eigenvalue weighted by molar-refractivity contribution is 5.76. The first-order chi connectivity index (χ1) is 22.5. The molecule has 4 aromatic rings. The number of aromatic amines is 1. The van der Waals surface area contributed by atoms with Gasteiger partial charge in [-0.3, -0.25) is 4.79 Å². The molecule has 12 heteroatoms. The maximum Gasteiger partial charge on any atom is 0.407 e. The maximum absolute atomic E-state index is 12.7. The lowest BCUT2D eigenvalue weighted by molar-refractivity contribution is -0.121. The van der Waals surface area contributed by atoms with Gasteiger partial charge in [0.1, 0.15) is 6.61 Å². The third kappa shape index (κ3) is 12.0. The number of nitrogens with zero attached hydrogens (tertiary/aromatic N) is 3. The number of alkyl carbamates (subject to hydrolysis) is 1. The molecule has 4 rings (SSSR count). The van der Waals surface area contributed by atoms with Crippen LogP contribution in [0.4, 0.5) is 9.59 Å². The number of carbonyl (C=O) groups excluding carboxylic acids is 2. The molecule has 0 saturated heterocycles. The molecule has 0 saturated carbocycles. The van der Waals surface area contributed by atoms with Gasteiger partial charge in [-0.1, -0.05) is 78.9 Å². The lowest BCUT2D eigenvalue weighted by Gasteiger charge is -2.16. The summed E-state index contributed by atoms with van der Waals surface area (Å²) in [6, 6.07) is 26.0. The van der Waals surface area contributed by atoms with Crippen LogP contribution in [-0.4, -0.2) is 56.9 Å². The quantitative estimate of drug-likeness (QED) is 0.0920. The molecular formula is C34H41N7O5. The first-order valence-electron chi connectivity index (χ1n) is 15.6. The molecule has 1 atom stereocenters. The van der Waals surface area contributed by atoms with Crippen LogP contribution >= 0.6 is 0 Å². The number of rotatable bonds is 18. The van der Waals surface area contributed by atoms with E-state index in [2.05, 4.69) is 73.0 Å². The minimum absolute atomic E-state index is 0.108. The second-order valence-electron chi connectivity index (χ2n) is 11.0. The number of carboxylic acid groups (broad SMARTS) is 1. The molecule has 3 amide bonds. The van der Waals surface area contributed by atoms with Crippen molar-refractivity contribution in [3.05, 3.63) is 101 Å². The average molecular weight is 628 g/mol. The van der Waals surface area contributed by atoms with E-state index in [0.29, 0.717) is 51.0 Å². The molecule has 3 aromatic carbocycles. The van der Waals surface area contributed by atoms with Crippen molar-refractivity contribution in [1.82, 2.24) is 36.6 Å². The van der Waals surface area contributed by atoms with Gasteiger partial charge in [0, 0.05) is 19.5 Å². The third-order valence-corrected chi connectivity index (χ3v) is 7.48. The fourth-order valence-electron chi connectivity index (χ4n) is 4.93. The standard InChI is InChI=1S/C34H41N7O5/c42-31(37-30(32-38-40-41-39-32)11-5-7-22-35-33(43)44)21-16-26-14-19-29(20-15-26)28-17-12-25(13-18-28)8-4-6-23-36-34(45)46-24-27-9-2-1-3-10-27/h1-3,9-10,12-15,17-20,30,35H,4-8,11,16,21-24H2,(H,36,45)(H,37,42)(H,43,44)(H,38,39,40,41)/t30-/m0/s1.